The van der Waals surface area contributed by atoms with E-state index in [2.05, 4.69) is 36.8 Å². The van der Waals surface area contributed by atoms with Gasteiger partial charge in [0.25, 0.3) is 0 Å². The van der Waals surface area contributed by atoms with E-state index in [1.807, 2.05) is 34.6 Å². The molecule has 0 aromatic heterocycles. The van der Waals surface area contributed by atoms with Gasteiger partial charge in [-0.1, -0.05) is 45.9 Å². The number of benzene rings is 1. The average Bonchev–Trinajstić information content (AvgIpc) is 2.48. The third-order valence-electron chi connectivity index (χ3n) is 2.31. The molecule has 2 nitrogen and oxygen atoms in total. The first-order valence-electron chi connectivity index (χ1n) is 7.20. The molecule has 0 fully saturated rings. The molecular weight excluding hydrogens is 236 g/mol. The van der Waals surface area contributed by atoms with Crippen LogP contribution in [0.25, 0.3) is 0 Å². The number of methoxy groups -OCH3 is 2. The minimum atomic E-state index is 0.716. The molecule has 0 heterocycles. The molecule has 0 aliphatic carbocycles. The Kier molecular flexibility index (Phi) is 23.8. The molecule has 1 rings (SSSR count). The van der Waals surface area contributed by atoms with Gasteiger partial charge in [0.05, 0.1) is 6.61 Å². The molecule has 0 spiro atoms. The zero-order valence-electron chi connectivity index (χ0n) is 14.5. The summed E-state index contributed by atoms with van der Waals surface area (Å²) in [4.78, 5) is 0. The van der Waals surface area contributed by atoms with E-state index >= 15 is 0 Å². The number of rotatable bonds is 3. The van der Waals surface area contributed by atoms with Crippen molar-refractivity contribution in [2.45, 2.75) is 55.1 Å². The van der Waals surface area contributed by atoms with Gasteiger partial charge in [-0.3, -0.25) is 0 Å². The fourth-order valence-corrected chi connectivity index (χ4v) is 1.12. The Morgan fingerprint density at radius 2 is 1.37 bits per heavy atom. The molecule has 0 saturated carbocycles. The summed E-state index contributed by atoms with van der Waals surface area (Å²) in [5, 5.41) is 0. The van der Waals surface area contributed by atoms with Crippen molar-refractivity contribution in [1.29, 1.82) is 0 Å². The number of hydrogen-bond acceptors (Lipinski definition) is 2. The van der Waals surface area contributed by atoms with Gasteiger partial charge in [-0.2, -0.15) is 0 Å². The zero-order chi connectivity index (χ0) is 15.7. The number of ether oxygens (including phenoxy) is 2. The van der Waals surface area contributed by atoms with Crippen LogP contribution in [0.15, 0.2) is 18.2 Å². The maximum atomic E-state index is 5.06. The van der Waals surface area contributed by atoms with Crippen LogP contribution in [0.4, 0.5) is 0 Å². The molecule has 0 atom stereocenters. The Balaban J connectivity index is -0.000000271. The summed E-state index contributed by atoms with van der Waals surface area (Å²) in [7, 11) is 3.40. The molecule has 19 heavy (non-hydrogen) atoms. The minimum Gasteiger partial charge on any atom is -0.385 e. The molecule has 0 bridgehead atoms. The topological polar surface area (TPSA) is 18.5 Å². The van der Waals surface area contributed by atoms with E-state index in [9.17, 15) is 0 Å². The lowest BCUT2D eigenvalue weighted by Gasteiger charge is -2.06. The first-order chi connectivity index (χ1) is 9.17. The molecule has 0 N–H and O–H groups in total. The first kappa shape index (κ1) is 23.2. The van der Waals surface area contributed by atoms with Gasteiger partial charge in [0.1, 0.15) is 0 Å². The normalized spacial score (nSPS) is 8.05. The van der Waals surface area contributed by atoms with Crippen molar-refractivity contribution in [3.8, 4) is 0 Å². The third kappa shape index (κ3) is 13.4. The molecule has 1 aromatic carbocycles. The Bertz CT molecular complexity index is 268. The quantitative estimate of drug-likeness (QED) is 0.755. The smallest absolute Gasteiger partial charge is 0.0715 e. The summed E-state index contributed by atoms with van der Waals surface area (Å²) in [5.41, 5.74) is 3.96. The van der Waals surface area contributed by atoms with Gasteiger partial charge in [0, 0.05) is 20.8 Å². The highest BCUT2D eigenvalue weighted by Gasteiger charge is 1.98. The van der Waals surface area contributed by atoms with Gasteiger partial charge in [0.2, 0.25) is 0 Å². The standard InChI is InChI=1S/C10H14O.C3H8O.2C2H6/c1-8-5-4-6-10(7-11-3)9(8)2;1-3-4-2;2*1-2/h4-6H,7H2,1-3H3;3H2,1-2H3;2*1-2H3. The average molecular weight is 270 g/mol. The van der Waals surface area contributed by atoms with Crippen LogP contribution in [0.2, 0.25) is 0 Å². The SMILES string of the molecule is CC.CC.CCOC.COCc1cccc(C)c1C. The molecule has 0 amide bonds. The Morgan fingerprint density at radius 1 is 0.895 bits per heavy atom. The monoisotopic (exact) mass is 270 g/mol. The Hall–Kier alpha value is -0.860. The van der Waals surface area contributed by atoms with Crippen LogP contribution in [0, 0.1) is 13.8 Å². The van der Waals surface area contributed by atoms with Crippen molar-refractivity contribution in [1.82, 2.24) is 0 Å². The predicted octanol–water partition coefficient (Wildman–Crippen LogP) is 5.15. The lowest BCUT2D eigenvalue weighted by Crippen LogP contribution is -1.93. The summed E-state index contributed by atoms with van der Waals surface area (Å²) in [6, 6.07) is 6.29. The van der Waals surface area contributed by atoms with E-state index in [1.54, 1.807) is 14.2 Å². The van der Waals surface area contributed by atoms with Crippen LogP contribution in [0.3, 0.4) is 0 Å². The molecule has 0 unspecified atom stereocenters. The summed E-state index contributed by atoms with van der Waals surface area (Å²) in [5.74, 6) is 0. The lowest BCUT2D eigenvalue weighted by molar-refractivity contribution is 0.184. The number of hydrogen-bond donors (Lipinski definition) is 0. The van der Waals surface area contributed by atoms with E-state index in [4.69, 9.17) is 4.74 Å². The molecule has 114 valence electrons. The van der Waals surface area contributed by atoms with Crippen LogP contribution >= 0.6 is 0 Å². The fourth-order valence-electron chi connectivity index (χ4n) is 1.12. The van der Waals surface area contributed by atoms with E-state index in [-0.39, 0.29) is 0 Å². The summed E-state index contributed by atoms with van der Waals surface area (Å²) in [6.45, 7) is 15.7. The van der Waals surface area contributed by atoms with Gasteiger partial charge in [0.15, 0.2) is 0 Å². The Morgan fingerprint density at radius 3 is 1.74 bits per heavy atom. The third-order valence-corrected chi connectivity index (χ3v) is 2.31. The highest BCUT2D eigenvalue weighted by molar-refractivity contribution is 5.32. The van der Waals surface area contributed by atoms with E-state index < -0.39 is 0 Å². The molecule has 0 radical (unpaired) electrons. The molecule has 0 saturated heterocycles. The predicted molar refractivity (Wildman–Crippen MR) is 86.9 cm³/mol. The van der Waals surface area contributed by atoms with E-state index in [1.165, 1.54) is 16.7 Å². The van der Waals surface area contributed by atoms with Crippen LogP contribution in [0.5, 0.6) is 0 Å². The maximum Gasteiger partial charge on any atom is 0.0715 e. The maximum absolute atomic E-state index is 5.06. The van der Waals surface area contributed by atoms with Crippen molar-refractivity contribution < 1.29 is 9.47 Å². The van der Waals surface area contributed by atoms with Crippen molar-refractivity contribution in [2.24, 2.45) is 0 Å². The molecule has 2 heteroatoms. The second kappa shape index (κ2) is 19.5. The van der Waals surface area contributed by atoms with Gasteiger partial charge >= 0.3 is 0 Å². The van der Waals surface area contributed by atoms with Crippen molar-refractivity contribution in [3.63, 3.8) is 0 Å². The van der Waals surface area contributed by atoms with E-state index in [0.717, 1.165) is 6.61 Å². The van der Waals surface area contributed by atoms with Crippen molar-refractivity contribution in [2.75, 3.05) is 20.8 Å². The first-order valence-corrected chi connectivity index (χ1v) is 7.20. The minimum absolute atomic E-state index is 0.716. The van der Waals surface area contributed by atoms with Crippen LogP contribution in [-0.2, 0) is 16.1 Å². The van der Waals surface area contributed by atoms with Gasteiger partial charge in [-0.15, -0.1) is 0 Å². The van der Waals surface area contributed by atoms with Crippen LogP contribution in [-0.4, -0.2) is 20.8 Å². The second-order valence-electron chi connectivity index (χ2n) is 3.37. The molecule has 1 aromatic rings. The highest BCUT2D eigenvalue weighted by Crippen LogP contribution is 2.12. The second-order valence-corrected chi connectivity index (χ2v) is 3.37. The van der Waals surface area contributed by atoms with Crippen molar-refractivity contribution >= 4 is 0 Å². The Labute approximate surface area is 121 Å². The van der Waals surface area contributed by atoms with Gasteiger partial charge in [-0.25, -0.2) is 0 Å². The zero-order valence-corrected chi connectivity index (χ0v) is 14.5. The summed E-state index contributed by atoms with van der Waals surface area (Å²) < 4.78 is 9.61. The van der Waals surface area contributed by atoms with Gasteiger partial charge < -0.3 is 9.47 Å². The van der Waals surface area contributed by atoms with E-state index in [0.29, 0.717) is 6.61 Å². The van der Waals surface area contributed by atoms with Crippen molar-refractivity contribution in [3.05, 3.63) is 34.9 Å². The van der Waals surface area contributed by atoms with Crippen LogP contribution in [0.1, 0.15) is 51.3 Å². The number of aryl methyl sites for hydroxylation is 1. The van der Waals surface area contributed by atoms with Crippen LogP contribution < -0.4 is 0 Å². The largest absolute Gasteiger partial charge is 0.385 e. The molecule has 0 aliphatic heterocycles. The molecular formula is C17H34O2. The lowest BCUT2D eigenvalue weighted by atomic mass is 10.0. The molecule has 0 aliphatic rings. The summed E-state index contributed by atoms with van der Waals surface area (Å²) in [6.07, 6.45) is 0. The summed E-state index contributed by atoms with van der Waals surface area (Å²) >= 11 is 0. The highest BCUT2D eigenvalue weighted by atomic mass is 16.5. The fraction of sp³-hybridized carbons (Fsp3) is 0.647. The van der Waals surface area contributed by atoms with Gasteiger partial charge in [-0.05, 0) is 37.5 Å².